The zero-order chi connectivity index (χ0) is 23.4. The molecule has 1 aromatic carbocycles. The van der Waals surface area contributed by atoms with Crippen molar-refractivity contribution in [2.24, 2.45) is 0 Å². The van der Waals surface area contributed by atoms with E-state index in [2.05, 4.69) is 0 Å². The van der Waals surface area contributed by atoms with Gasteiger partial charge in [0.1, 0.15) is 23.2 Å². The van der Waals surface area contributed by atoms with Gasteiger partial charge in [-0.2, -0.15) is 4.31 Å². The SMILES string of the molecule is O=C(CN(Cc1ccco1)Cc1ccco1)N1CCN(S(=O)(=O)c2c(F)cccc2F)CC1. The van der Waals surface area contributed by atoms with Gasteiger partial charge in [0.15, 0.2) is 4.90 Å². The quantitative estimate of drug-likeness (QED) is 0.494. The Bertz CT molecular complexity index is 1120. The average molecular weight is 480 g/mol. The molecule has 3 aromatic rings. The molecule has 2 aromatic heterocycles. The van der Waals surface area contributed by atoms with Gasteiger partial charge in [-0.25, -0.2) is 17.2 Å². The molecule has 1 aliphatic heterocycles. The first-order valence-electron chi connectivity index (χ1n) is 10.3. The lowest BCUT2D eigenvalue weighted by atomic mass is 10.3. The summed E-state index contributed by atoms with van der Waals surface area (Å²) in [6, 6.07) is 10.1. The fourth-order valence-electron chi connectivity index (χ4n) is 3.74. The van der Waals surface area contributed by atoms with Gasteiger partial charge >= 0.3 is 0 Å². The lowest BCUT2D eigenvalue weighted by Gasteiger charge is -2.35. The van der Waals surface area contributed by atoms with Crippen LogP contribution in [-0.4, -0.2) is 61.2 Å². The first kappa shape index (κ1) is 23.1. The van der Waals surface area contributed by atoms with Gasteiger partial charge in [-0.05, 0) is 36.4 Å². The number of benzene rings is 1. The molecule has 3 heterocycles. The van der Waals surface area contributed by atoms with E-state index in [1.807, 2.05) is 17.0 Å². The van der Waals surface area contributed by atoms with Crippen LogP contribution in [0.2, 0.25) is 0 Å². The molecule has 176 valence electrons. The van der Waals surface area contributed by atoms with Crippen LogP contribution in [0.25, 0.3) is 0 Å². The highest BCUT2D eigenvalue weighted by atomic mass is 32.2. The molecule has 0 aliphatic carbocycles. The number of piperazine rings is 1. The van der Waals surface area contributed by atoms with Crippen LogP contribution in [0.5, 0.6) is 0 Å². The maximum absolute atomic E-state index is 14.0. The number of sulfonamides is 1. The summed E-state index contributed by atoms with van der Waals surface area (Å²) in [6.45, 7) is 0.959. The van der Waals surface area contributed by atoms with Crippen LogP contribution in [0.3, 0.4) is 0 Å². The number of hydrogen-bond acceptors (Lipinski definition) is 6. The molecule has 0 saturated carbocycles. The Balaban J connectivity index is 1.39. The van der Waals surface area contributed by atoms with Crippen molar-refractivity contribution in [1.29, 1.82) is 0 Å². The molecule has 11 heteroatoms. The van der Waals surface area contributed by atoms with E-state index in [9.17, 15) is 22.0 Å². The normalized spacial score (nSPS) is 15.3. The Morgan fingerprint density at radius 1 is 0.879 bits per heavy atom. The molecule has 0 unspecified atom stereocenters. The Kier molecular flexibility index (Phi) is 6.91. The predicted octanol–water partition coefficient (Wildman–Crippen LogP) is 2.69. The van der Waals surface area contributed by atoms with E-state index >= 15 is 0 Å². The van der Waals surface area contributed by atoms with Gasteiger partial charge in [0.2, 0.25) is 15.9 Å². The summed E-state index contributed by atoms with van der Waals surface area (Å²) >= 11 is 0. The van der Waals surface area contributed by atoms with Gasteiger partial charge in [0.25, 0.3) is 0 Å². The van der Waals surface area contributed by atoms with Crippen LogP contribution in [0, 0.1) is 11.6 Å². The minimum Gasteiger partial charge on any atom is -0.468 e. The Morgan fingerprint density at radius 2 is 1.42 bits per heavy atom. The van der Waals surface area contributed by atoms with Crippen molar-refractivity contribution < 1.29 is 30.8 Å². The van der Waals surface area contributed by atoms with E-state index in [1.54, 1.807) is 29.6 Å². The van der Waals surface area contributed by atoms with Crippen molar-refractivity contribution in [3.05, 3.63) is 78.1 Å². The summed E-state index contributed by atoms with van der Waals surface area (Å²) in [5.41, 5.74) is 0. The lowest BCUT2D eigenvalue weighted by Crippen LogP contribution is -2.52. The number of carbonyl (C=O) groups is 1. The topological polar surface area (TPSA) is 87.2 Å². The van der Waals surface area contributed by atoms with Crippen LogP contribution in [0.15, 0.2) is 68.7 Å². The molecule has 0 spiro atoms. The minimum atomic E-state index is -4.35. The minimum absolute atomic E-state index is 0.0573. The number of nitrogens with zero attached hydrogens (tertiary/aromatic N) is 3. The van der Waals surface area contributed by atoms with Gasteiger partial charge in [-0.1, -0.05) is 6.07 Å². The van der Waals surface area contributed by atoms with E-state index < -0.39 is 26.6 Å². The Morgan fingerprint density at radius 3 is 1.91 bits per heavy atom. The van der Waals surface area contributed by atoms with Crippen molar-refractivity contribution >= 4 is 15.9 Å². The average Bonchev–Trinajstić information content (AvgIpc) is 3.48. The molecule has 33 heavy (non-hydrogen) atoms. The molecule has 0 bridgehead atoms. The van der Waals surface area contributed by atoms with Crippen LogP contribution < -0.4 is 0 Å². The smallest absolute Gasteiger partial charge is 0.249 e. The highest BCUT2D eigenvalue weighted by Gasteiger charge is 2.34. The summed E-state index contributed by atoms with van der Waals surface area (Å²) < 4.78 is 65.3. The molecule has 1 aliphatic rings. The van der Waals surface area contributed by atoms with E-state index in [-0.39, 0.29) is 38.6 Å². The Labute approximate surface area is 190 Å². The van der Waals surface area contributed by atoms with Gasteiger partial charge < -0.3 is 13.7 Å². The number of furan rings is 2. The Hall–Kier alpha value is -3.02. The molecule has 1 saturated heterocycles. The second-order valence-corrected chi connectivity index (χ2v) is 9.51. The van der Waals surface area contributed by atoms with E-state index in [1.165, 1.54) is 0 Å². The third kappa shape index (κ3) is 5.32. The lowest BCUT2D eigenvalue weighted by molar-refractivity contribution is -0.134. The standard InChI is InChI=1S/C22H23F2N3O5S/c23-19-6-1-7-20(24)22(19)33(29,30)27-10-8-26(9-11-27)21(28)16-25(14-17-4-2-12-31-17)15-18-5-3-13-32-18/h1-7,12-13H,8-11,14-16H2. The van der Waals surface area contributed by atoms with Crippen molar-refractivity contribution in [2.75, 3.05) is 32.7 Å². The fraction of sp³-hybridized carbons (Fsp3) is 0.318. The summed E-state index contributed by atoms with van der Waals surface area (Å²) in [5, 5.41) is 0. The van der Waals surface area contributed by atoms with Crippen LogP contribution >= 0.6 is 0 Å². The zero-order valence-corrected chi connectivity index (χ0v) is 18.5. The number of amides is 1. The molecule has 0 N–H and O–H groups in total. The van der Waals surface area contributed by atoms with Crippen molar-refractivity contribution in [3.63, 3.8) is 0 Å². The molecule has 4 rings (SSSR count). The van der Waals surface area contributed by atoms with E-state index in [0.717, 1.165) is 22.5 Å². The molecule has 8 nitrogen and oxygen atoms in total. The van der Waals surface area contributed by atoms with Gasteiger partial charge in [0, 0.05) is 26.2 Å². The molecule has 0 radical (unpaired) electrons. The maximum Gasteiger partial charge on any atom is 0.249 e. The van der Waals surface area contributed by atoms with Crippen LogP contribution in [0.4, 0.5) is 8.78 Å². The fourth-order valence-corrected chi connectivity index (χ4v) is 5.27. The maximum atomic E-state index is 14.0. The molecular formula is C22H23F2N3O5S. The predicted molar refractivity (Wildman–Crippen MR) is 113 cm³/mol. The third-order valence-corrected chi connectivity index (χ3v) is 7.34. The highest BCUT2D eigenvalue weighted by Crippen LogP contribution is 2.23. The first-order valence-corrected chi connectivity index (χ1v) is 11.8. The van der Waals surface area contributed by atoms with E-state index in [4.69, 9.17) is 8.83 Å². The third-order valence-electron chi connectivity index (χ3n) is 5.39. The number of hydrogen-bond donors (Lipinski definition) is 0. The largest absolute Gasteiger partial charge is 0.468 e. The van der Waals surface area contributed by atoms with Gasteiger partial charge in [-0.15, -0.1) is 0 Å². The van der Waals surface area contributed by atoms with Crippen molar-refractivity contribution in [1.82, 2.24) is 14.1 Å². The molecule has 1 amide bonds. The second kappa shape index (κ2) is 9.86. The number of rotatable bonds is 8. The van der Waals surface area contributed by atoms with Crippen LogP contribution in [-0.2, 0) is 27.9 Å². The number of halogens is 2. The molecular weight excluding hydrogens is 456 g/mol. The summed E-state index contributed by atoms with van der Waals surface area (Å²) in [4.78, 5) is 15.4. The van der Waals surface area contributed by atoms with Crippen molar-refractivity contribution in [2.45, 2.75) is 18.0 Å². The second-order valence-electron chi connectivity index (χ2n) is 7.64. The highest BCUT2D eigenvalue weighted by molar-refractivity contribution is 7.89. The molecule has 1 fully saturated rings. The summed E-state index contributed by atoms with van der Waals surface area (Å²) in [7, 11) is -4.35. The van der Waals surface area contributed by atoms with Crippen molar-refractivity contribution in [3.8, 4) is 0 Å². The summed E-state index contributed by atoms with van der Waals surface area (Å²) in [5.74, 6) is -1.09. The zero-order valence-electron chi connectivity index (χ0n) is 17.7. The van der Waals surface area contributed by atoms with E-state index in [0.29, 0.717) is 24.6 Å². The van der Waals surface area contributed by atoms with Gasteiger partial charge in [-0.3, -0.25) is 9.69 Å². The first-order chi connectivity index (χ1) is 15.8. The van der Waals surface area contributed by atoms with Crippen LogP contribution in [0.1, 0.15) is 11.5 Å². The monoisotopic (exact) mass is 479 g/mol. The van der Waals surface area contributed by atoms with Gasteiger partial charge in [0.05, 0.1) is 32.2 Å². The summed E-state index contributed by atoms with van der Waals surface area (Å²) in [6.07, 6.45) is 3.11. The molecule has 0 atom stereocenters. The number of carbonyl (C=O) groups excluding carboxylic acids is 1.